The fourth-order valence-corrected chi connectivity index (χ4v) is 4.68. The minimum absolute atomic E-state index is 0.563. The Hall–Kier alpha value is -2.49. The molecule has 0 heterocycles. The van der Waals surface area contributed by atoms with Crippen LogP contribution in [0.3, 0.4) is 0 Å². The maximum atomic E-state index is 5.97. The molecule has 0 atom stereocenters. The molecule has 0 radical (unpaired) electrons. The summed E-state index contributed by atoms with van der Waals surface area (Å²) >= 11 is 0. The third kappa shape index (κ3) is 6.27. The van der Waals surface area contributed by atoms with Crippen molar-refractivity contribution in [1.29, 1.82) is 0 Å². The molecule has 0 unspecified atom stereocenters. The molecular weight excluding hydrogens is 417 g/mol. The number of benzene rings is 3. The molecule has 4 nitrogen and oxygen atoms in total. The van der Waals surface area contributed by atoms with Crippen LogP contribution in [-0.4, -0.2) is 39.1 Å². The van der Waals surface area contributed by atoms with E-state index in [1.54, 1.807) is 14.2 Å². The molecule has 0 aliphatic heterocycles. The highest BCUT2D eigenvalue weighted by Crippen LogP contribution is 2.39. The lowest BCUT2D eigenvalue weighted by Gasteiger charge is -2.23. The van der Waals surface area contributed by atoms with Gasteiger partial charge in [0.2, 0.25) is 0 Å². The van der Waals surface area contributed by atoms with E-state index in [0.29, 0.717) is 6.61 Å². The van der Waals surface area contributed by atoms with E-state index >= 15 is 0 Å². The lowest BCUT2D eigenvalue weighted by molar-refractivity contribution is 0.247. The maximum absolute atomic E-state index is 5.97. The first-order valence-corrected chi connectivity index (χ1v) is 12.0. The molecule has 0 amide bonds. The van der Waals surface area contributed by atoms with Gasteiger partial charge in [-0.25, -0.2) is 4.67 Å². The Balaban J connectivity index is 1.84. The average Bonchev–Trinajstić information content (AvgIpc) is 2.85. The minimum atomic E-state index is -1.02. The van der Waals surface area contributed by atoms with Crippen molar-refractivity contribution in [2.45, 2.75) is 13.3 Å². The third-order valence-electron chi connectivity index (χ3n) is 5.26. The molecule has 0 N–H and O–H groups in total. The van der Waals surface area contributed by atoms with Gasteiger partial charge in [0, 0.05) is 20.8 Å². The molecule has 0 spiro atoms. The van der Waals surface area contributed by atoms with E-state index in [2.05, 4.69) is 79.7 Å². The molecule has 0 aromatic heterocycles. The molecule has 0 saturated carbocycles. The molecule has 0 fully saturated rings. The standard InChI is InChI=1S/C27H32NO3P/c1-5-26(22-12-8-6-9-13-22)27(23-14-10-7-11-15-23)24-16-18-25(19-17-24)31-21-20-28(2)32(29-3)30-4/h6-19H,5,20-21H2,1-4H3/b27-26-. The molecule has 5 heteroatoms. The summed E-state index contributed by atoms with van der Waals surface area (Å²) in [5.41, 5.74) is 6.25. The monoisotopic (exact) mass is 449 g/mol. The molecule has 168 valence electrons. The Morgan fingerprint density at radius 3 is 1.81 bits per heavy atom. The maximum Gasteiger partial charge on any atom is 0.257 e. The SMILES string of the molecule is CC/C(=C(\c1ccccc1)c1ccc(OCCN(C)P(OC)OC)cc1)c1ccccc1. The van der Waals surface area contributed by atoms with E-state index in [1.165, 1.54) is 27.8 Å². The Morgan fingerprint density at radius 2 is 1.28 bits per heavy atom. The van der Waals surface area contributed by atoms with E-state index in [0.717, 1.165) is 18.7 Å². The van der Waals surface area contributed by atoms with Crippen molar-refractivity contribution < 1.29 is 13.8 Å². The largest absolute Gasteiger partial charge is 0.492 e. The normalized spacial score (nSPS) is 12.2. The fraction of sp³-hybridized carbons (Fsp3) is 0.259. The number of nitrogens with zero attached hydrogens (tertiary/aromatic N) is 1. The summed E-state index contributed by atoms with van der Waals surface area (Å²) in [4.78, 5) is 0. The minimum Gasteiger partial charge on any atom is -0.492 e. The topological polar surface area (TPSA) is 30.9 Å². The first-order chi connectivity index (χ1) is 15.7. The van der Waals surface area contributed by atoms with E-state index in [9.17, 15) is 0 Å². The second kappa shape index (κ2) is 12.5. The molecule has 3 aromatic rings. The average molecular weight is 450 g/mol. The van der Waals surface area contributed by atoms with Gasteiger partial charge in [-0.15, -0.1) is 0 Å². The van der Waals surface area contributed by atoms with Crippen LogP contribution in [0.4, 0.5) is 0 Å². The van der Waals surface area contributed by atoms with Gasteiger partial charge < -0.3 is 13.8 Å². The summed E-state index contributed by atoms with van der Waals surface area (Å²) in [5, 5.41) is 0. The Morgan fingerprint density at radius 1 is 0.750 bits per heavy atom. The van der Waals surface area contributed by atoms with Gasteiger partial charge in [-0.3, -0.25) is 0 Å². The highest BCUT2D eigenvalue weighted by molar-refractivity contribution is 7.44. The fourth-order valence-electron chi connectivity index (χ4n) is 3.73. The van der Waals surface area contributed by atoms with Crippen LogP contribution >= 0.6 is 8.53 Å². The van der Waals surface area contributed by atoms with Crippen molar-refractivity contribution in [3.8, 4) is 5.75 Å². The van der Waals surface area contributed by atoms with Crippen molar-refractivity contribution in [3.05, 3.63) is 102 Å². The van der Waals surface area contributed by atoms with E-state index < -0.39 is 8.53 Å². The van der Waals surface area contributed by atoms with Crippen molar-refractivity contribution in [2.24, 2.45) is 0 Å². The van der Waals surface area contributed by atoms with E-state index in [1.807, 2.05) is 23.9 Å². The van der Waals surface area contributed by atoms with Crippen LogP contribution in [0.25, 0.3) is 11.1 Å². The second-order valence-corrected chi connectivity index (χ2v) is 9.19. The van der Waals surface area contributed by atoms with Gasteiger partial charge in [-0.1, -0.05) is 79.7 Å². The smallest absolute Gasteiger partial charge is 0.257 e. The van der Waals surface area contributed by atoms with Gasteiger partial charge >= 0.3 is 0 Å². The lowest BCUT2D eigenvalue weighted by atomic mass is 9.88. The van der Waals surface area contributed by atoms with E-state index in [4.69, 9.17) is 13.8 Å². The lowest BCUT2D eigenvalue weighted by Crippen LogP contribution is -2.20. The molecule has 32 heavy (non-hydrogen) atoms. The first kappa shape index (κ1) is 24.2. The number of allylic oxidation sites excluding steroid dienone is 1. The quantitative estimate of drug-likeness (QED) is 0.236. The number of likely N-dealkylation sites (N-methyl/N-ethyl adjacent to an activating group) is 1. The number of hydrogen-bond donors (Lipinski definition) is 0. The summed E-state index contributed by atoms with van der Waals surface area (Å²) in [5.74, 6) is 0.853. The molecule has 0 bridgehead atoms. The zero-order valence-corrected chi connectivity index (χ0v) is 20.2. The van der Waals surface area contributed by atoms with E-state index in [-0.39, 0.29) is 0 Å². The zero-order valence-electron chi connectivity index (χ0n) is 19.3. The Labute approximate surface area is 193 Å². The van der Waals surface area contributed by atoms with Crippen LogP contribution in [0, 0.1) is 0 Å². The van der Waals surface area contributed by atoms with Gasteiger partial charge in [-0.05, 0) is 53.4 Å². The summed E-state index contributed by atoms with van der Waals surface area (Å²) in [6.07, 6.45) is 0.945. The highest BCUT2D eigenvalue weighted by atomic mass is 31.2. The predicted molar refractivity (Wildman–Crippen MR) is 135 cm³/mol. The van der Waals surface area contributed by atoms with Crippen LogP contribution < -0.4 is 4.74 Å². The van der Waals surface area contributed by atoms with Gasteiger partial charge in [-0.2, -0.15) is 0 Å². The van der Waals surface area contributed by atoms with Crippen LogP contribution in [0.2, 0.25) is 0 Å². The van der Waals surface area contributed by atoms with Crippen LogP contribution in [0.15, 0.2) is 84.9 Å². The Kier molecular flexibility index (Phi) is 9.45. The zero-order chi connectivity index (χ0) is 22.8. The molecule has 0 saturated heterocycles. The molecule has 0 aliphatic rings. The van der Waals surface area contributed by atoms with Gasteiger partial charge in [0.05, 0.1) is 0 Å². The first-order valence-electron chi connectivity index (χ1n) is 10.8. The number of hydrogen-bond acceptors (Lipinski definition) is 4. The van der Waals surface area contributed by atoms with Crippen LogP contribution in [0.5, 0.6) is 5.75 Å². The van der Waals surface area contributed by atoms with Gasteiger partial charge in [0.25, 0.3) is 8.53 Å². The van der Waals surface area contributed by atoms with Crippen molar-refractivity contribution >= 4 is 19.7 Å². The van der Waals surface area contributed by atoms with Crippen molar-refractivity contribution in [3.63, 3.8) is 0 Å². The molecule has 3 aromatic carbocycles. The molecule has 0 aliphatic carbocycles. The van der Waals surface area contributed by atoms with Crippen molar-refractivity contribution in [2.75, 3.05) is 34.4 Å². The Bertz CT molecular complexity index is 971. The van der Waals surface area contributed by atoms with Gasteiger partial charge in [0.15, 0.2) is 0 Å². The summed E-state index contributed by atoms with van der Waals surface area (Å²) in [7, 11) is 4.26. The summed E-state index contributed by atoms with van der Waals surface area (Å²) in [6.45, 7) is 3.50. The molecule has 3 rings (SSSR count). The predicted octanol–water partition coefficient (Wildman–Crippen LogP) is 6.89. The molecular formula is C27H32NO3P. The summed E-state index contributed by atoms with van der Waals surface area (Å²) in [6, 6.07) is 29.6. The summed E-state index contributed by atoms with van der Waals surface area (Å²) < 4.78 is 18.6. The highest BCUT2D eigenvalue weighted by Gasteiger charge is 2.15. The van der Waals surface area contributed by atoms with Gasteiger partial charge in [0.1, 0.15) is 12.4 Å². The van der Waals surface area contributed by atoms with Crippen LogP contribution in [0.1, 0.15) is 30.0 Å². The third-order valence-corrected chi connectivity index (χ3v) is 6.64. The second-order valence-electron chi connectivity index (χ2n) is 7.30. The number of rotatable bonds is 11. The number of ether oxygens (including phenoxy) is 1. The van der Waals surface area contributed by atoms with Crippen LogP contribution in [-0.2, 0) is 9.05 Å². The van der Waals surface area contributed by atoms with Crippen molar-refractivity contribution in [1.82, 2.24) is 4.67 Å².